The van der Waals surface area contributed by atoms with Gasteiger partial charge in [0.25, 0.3) is 0 Å². The number of rotatable bonds is 4. The summed E-state index contributed by atoms with van der Waals surface area (Å²) in [5.41, 5.74) is -1.74. The summed E-state index contributed by atoms with van der Waals surface area (Å²) in [5.74, 6) is -4.35. The van der Waals surface area contributed by atoms with Crippen molar-refractivity contribution in [3.05, 3.63) is 70.3 Å². The highest BCUT2D eigenvalue weighted by Gasteiger charge is 2.66. The number of amides is 1. The third kappa shape index (κ3) is 2.38. The first-order chi connectivity index (χ1) is 14.4. The van der Waals surface area contributed by atoms with E-state index in [0.29, 0.717) is 11.3 Å². The Labute approximate surface area is 170 Å². The van der Waals surface area contributed by atoms with Gasteiger partial charge in [0.1, 0.15) is 12.4 Å². The number of aliphatic hydroxyl groups is 1. The Morgan fingerprint density at radius 1 is 1.40 bits per heavy atom. The Bertz CT molecular complexity index is 1150. The molecule has 3 heterocycles. The molecule has 2 atom stereocenters. The Kier molecular flexibility index (Phi) is 4.54. The summed E-state index contributed by atoms with van der Waals surface area (Å²) >= 11 is 0. The van der Waals surface area contributed by atoms with Crippen molar-refractivity contribution in [3.63, 3.8) is 0 Å². The molecule has 2 aromatic rings. The van der Waals surface area contributed by atoms with Gasteiger partial charge in [-0.3, -0.25) is 19.8 Å². The first-order valence-corrected chi connectivity index (χ1v) is 9.06. The summed E-state index contributed by atoms with van der Waals surface area (Å²) in [6.07, 6.45) is 1.52. The van der Waals surface area contributed by atoms with E-state index < -0.39 is 41.1 Å². The molecule has 9 nitrogen and oxygen atoms in total. The van der Waals surface area contributed by atoms with Crippen LogP contribution in [0.1, 0.15) is 17.1 Å². The van der Waals surface area contributed by atoms with Gasteiger partial charge in [-0.05, 0) is 6.07 Å². The summed E-state index contributed by atoms with van der Waals surface area (Å²) in [4.78, 5) is 40.7. The highest BCUT2D eigenvalue weighted by molar-refractivity contribution is 6.18. The maximum Gasteiger partial charge on any atom is 0.320 e. The zero-order valence-electron chi connectivity index (χ0n) is 16.0. The standard InChI is InChI=1S/C21H18N2O7/c1-3-8-23-13-7-5-4-6-12(13)21(20(23)27)15(19(26)28-2)18(22)30-16-14(25)9-11(10-24)29-17(16)21/h3-7,9,15,22,24H,1,8,10H2,2H3. The Balaban J connectivity index is 2.17. The number of anilines is 1. The minimum absolute atomic E-state index is 0.105. The number of nitrogens with one attached hydrogen (secondary N) is 1. The Morgan fingerprint density at radius 2 is 2.13 bits per heavy atom. The lowest BCUT2D eigenvalue weighted by Crippen LogP contribution is -2.56. The number of aliphatic hydroxyl groups excluding tert-OH is 1. The van der Waals surface area contributed by atoms with Crippen molar-refractivity contribution in [1.29, 1.82) is 5.41 Å². The molecule has 0 fully saturated rings. The number of esters is 1. The van der Waals surface area contributed by atoms with Gasteiger partial charge in [-0.2, -0.15) is 0 Å². The van der Waals surface area contributed by atoms with Crippen molar-refractivity contribution in [2.75, 3.05) is 18.6 Å². The van der Waals surface area contributed by atoms with Crippen molar-refractivity contribution < 1.29 is 28.6 Å². The molecule has 1 aromatic carbocycles. The maximum atomic E-state index is 13.9. The lowest BCUT2D eigenvalue weighted by atomic mass is 9.67. The molecule has 2 aliphatic rings. The molecule has 0 bridgehead atoms. The topological polar surface area (TPSA) is 130 Å². The van der Waals surface area contributed by atoms with E-state index in [1.165, 1.54) is 11.0 Å². The lowest BCUT2D eigenvalue weighted by molar-refractivity contribution is -0.148. The molecule has 2 N–H and O–H groups in total. The smallest absolute Gasteiger partial charge is 0.320 e. The second kappa shape index (κ2) is 6.96. The molecule has 154 valence electrons. The third-order valence-corrected chi connectivity index (χ3v) is 5.33. The zero-order valence-corrected chi connectivity index (χ0v) is 16.0. The van der Waals surface area contributed by atoms with Crippen LogP contribution in [0.5, 0.6) is 5.75 Å². The van der Waals surface area contributed by atoms with Gasteiger partial charge in [0, 0.05) is 23.9 Å². The van der Waals surface area contributed by atoms with E-state index in [1.807, 2.05) is 0 Å². The SMILES string of the molecule is C=CCN1C(=O)C2(c3ccccc31)c1oc(CO)cc(=O)c1OC(=N)C2C(=O)OC. The number of hydrogen-bond donors (Lipinski definition) is 2. The van der Waals surface area contributed by atoms with Gasteiger partial charge in [0.05, 0.1) is 7.11 Å². The van der Waals surface area contributed by atoms with E-state index in [-0.39, 0.29) is 23.8 Å². The van der Waals surface area contributed by atoms with Crippen LogP contribution in [0, 0.1) is 11.3 Å². The zero-order chi connectivity index (χ0) is 21.6. The van der Waals surface area contributed by atoms with Crippen molar-refractivity contribution >= 4 is 23.5 Å². The molecule has 1 spiro atoms. The largest absolute Gasteiger partial charge is 0.468 e. The van der Waals surface area contributed by atoms with Gasteiger partial charge >= 0.3 is 5.97 Å². The Hall–Kier alpha value is -3.72. The molecule has 4 rings (SSSR count). The van der Waals surface area contributed by atoms with Crippen molar-refractivity contribution in [2.45, 2.75) is 12.0 Å². The highest BCUT2D eigenvalue weighted by Crippen LogP contribution is 2.55. The lowest BCUT2D eigenvalue weighted by Gasteiger charge is -2.37. The van der Waals surface area contributed by atoms with E-state index in [4.69, 9.17) is 19.3 Å². The molecule has 2 aliphatic heterocycles. The second-order valence-electron chi connectivity index (χ2n) is 6.85. The Morgan fingerprint density at radius 3 is 2.80 bits per heavy atom. The van der Waals surface area contributed by atoms with Crippen LogP contribution in [0.4, 0.5) is 5.69 Å². The fraction of sp³-hybridized carbons (Fsp3) is 0.238. The van der Waals surface area contributed by atoms with Gasteiger partial charge in [-0.15, -0.1) is 6.58 Å². The first-order valence-electron chi connectivity index (χ1n) is 9.06. The summed E-state index contributed by atoms with van der Waals surface area (Å²) in [6.45, 7) is 3.20. The molecular weight excluding hydrogens is 392 g/mol. The number of carbonyl (C=O) groups is 2. The van der Waals surface area contributed by atoms with Crippen LogP contribution in [-0.2, 0) is 26.3 Å². The van der Waals surface area contributed by atoms with Gasteiger partial charge < -0.3 is 23.9 Å². The van der Waals surface area contributed by atoms with Crippen LogP contribution in [-0.4, -0.2) is 36.5 Å². The summed E-state index contributed by atoms with van der Waals surface area (Å²) in [7, 11) is 1.13. The van der Waals surface area contributed by atoms with Gasteiger partial charge in [0.15, 0.2) is 17.1 Å². The number of methoxy groups -OCH3 is 1. The monoisotopic (exact) mass is 410 g/mol. The molecular formula is C21H18N2O7. The average Bonchev–Trinajstić information content (AvgIpc) is 2.98. The summed E-state index contributed by atoms with van der Waals surface area (Å²) in [6, 6.07) is 7.73. The van der Waals surface area contributed by atoms with Gasteiger partial charge in [-0.1, -0.05) is 24.3 Å². The minimum Gasteiger partial charge on any atom is -0.468 e. The van der Waals surface area contributed by atoms with E-state index in [1.54, 1.807) is 24.3 Å². The molecule has 0 radical (unpaired) electrons. The maximum absolute atomic E-state index is 13.9. The molecule has 1 amide bonds. The van der Waals surface area contributed by atoms with Crippen molar-refractivity contribution in [1.82, 2.24) is 0 Å². The molecule has 9 heteroatoms. The summed E-state index contributed by atoms with van der Waals surface area (Å²) in [5, 5.41) is 17.9. The van der Waals surface area contributed by atoms with Gasteiger partial charge in [-0.25, -0.2) is 0 Å². The number of carbonyl (C=O) groups excluding carboxylic acids is 2. The fourth-order valence-electron chi connectivity index (χ4n) is 4.15. The predicted octanol–water partition coefficient (Wildman–Crippen LogP) is 1.11. The molecule has 30 heavy (non-hydrogen) atoms. The minimum atomic E-state index is -1.90. The molecule has 2 unspecified atom stereocenters. The van der Waals surface area contributed by atoms with E-state index in [9.17, 15) is 19.5 Å². The van der Waals surface area contributed by atoms with Crippen LogP contribution in [0.25, 0.3) is 0 Å². The molecule has 0 saturated heterocycles. The van der Waals surface area contributed by atoms with Crippen molar-refractivity contribution in [2.24, 2.45) is 5.92 Å². The van der Waals surface area contributed by atoms with Crippen LogP contribution >= 0.6 is 0 Å². The highest BCUT2D eigenvalue weighted by atomic mass is 16.5. The number of hydrogen-bond acceptors (Lipinski definition) is 8. The van der Waals surface area contributed by atoms with Crippen molar-refractivity contribution in [3.8, 4) is 5.75 Å². The number of ether oxygens (including phenoxy) is 2. The van der Waals surface area contributed by atoms with E-state index in [2.05, 4.69) is 6.58 Å². The molecule has 0 aliphatic carbocycles. The quantitative estimate of drug-likeness (QED) is 0.570. The molecule has 0 saturated carbocycles. The first kappa shape index (κ1) is 19.6. The fourth-order valence-corrected chi connectivity index (χ4v) is 4.15. The van der Waals surface area contributed by atoms with Gasteiger partial charge in [0.2, 0.25) is 23.0 Å². The van der Waals surface area contributed by atoms with Crippen LogP contribution < -0.4 is 15.1 Å². The summed E-state index contributed by atoms with van der Waals surface area (Å²) < 4.78 is 16.0. The normalized spacial score (nSPS) is 21.8. The number of para-hydroxylation sites is 1. The number of nitrogens with zero attached hydrogens (tertiary/aromatic N) is 1. The van der Waals surface area contributed by atoms with Crippen LogP contribution in [0.15, 0.2) is 52.2 Å². The van der Waals surface area contributed by atoms with Crippen LogP contribution in [0.2, 0.25) is 0 Å². The number of fused-ring (bicyclic) bond motifs is 4. The average molecular weight is 410 g/mol. The van der Waals surface area contributed by atoms with E-state index in [0.717, 1.165) is 13.2 Å². The number of benzene rings is 1. The second-order valence-corrected chi connectivity index (χ2v) is 6.85. The predicted molar refractivity (Wildman–Crippen MR) is 105 cm³/mol. The van der Waals surface area contributed by atoms with Crippen LogP contribution in [0.3, 0.4) is 0 Å². The third-order valence-electron chi connectivity index (χ3n) is 5.33. The molecule has 1 aromatic heterocycles. The van der Waals surface area contributed by atoms with E-state index >= 15 is 0 Å².